The van der Waals surface area contributed by atoms with E-state index in [2.05, 4.69) is 20.5 Å². The molecular formula is C22H26F2N4O2. The van der Waals surface area contributed by atoms with E-state index in [9.17, 15) is 13.6 Å². The molecular weight excluding hydrogens is 390 g/mol. The van der Waals surface area contributed by atoms with Crippen LogP contribution in [-0.2, 0) is 4.74 Å². The number of ether oxygens (including phenoxy) is 1. The Kier molecular flexibility index (Phi) is 7.35. The van der Waals surface area contributed by atoms with E-state index >= 15 is 0 Å². The van der Waals surface area contributed by atoms with Crippen LogP contribution < -0.4 is 10.6 Å². The van der Waals surface area contributed by atoms with E-state index in [0.29, 0.717) is 32.1 Å². The minimum Gasteiger partial charge on any atom is -0.367 e. The fraction of sp³-hybridized carbons (Fsp3) is 0.364. The molecule has 2 aromatic rings. The molecule has 30 heavy (non-hydrogen) atoms. The largest absolute Gasteiger partial charge is 0.367 e. The summed E-state index contributed by atoms with van der Waals surface area (Å²) in [6.45, 7) is 3.94. The van der Waals surface area contributed by atoms with Gasteiger partial charge in [0, 0.05) is 26.7 Å². The van der Waals surface area contributed by atoms with Crippen molar-refractivity contribution in [2.45, 2.75) is 19.1 Å². The molecule has 1 fully saturated rings. The molecule has 1 aliphatic heterocycles. The van der Waals surface area contributed by atoms with E-state index in [1.54, 1.807) is 31.3 Å². The van der Waals surface area contributed by atoms with Crippen LogP contribution in [0.15, 0.2) is 53.5 Å². The van der Waals surface area contributed by atoms with Gasteiger partial charge in [-0.1, -0.05) is 24.3 Å². The van der Waals surface area contributed by atoms with Gasteiger partial charge >= 0.3 is 0 Å². The van der Waals surface area contributed by atoms with Gasteiger partial charge < -0.3 is 20.3 Å². The van der Waals surface area contributed by atoms with Crippen molar-refractivity contribution in [1.82, 2.24) is 15.5 Å². The average Bonchev–Trinajstić information content (AvgIpc) is 2.74. The maximum absolute atomic E-state index is 13.7. The average molecular weight is 416 g/mol. The standard InChI is InChI=1S/C22H26F2N4O2/c1-15-13-28(14-20(30-15)16-7-9-17(23)10-8-16)22(25-2)27-12-11-26-21(29)18-5-3-4-6-19(18)24/h3-10,15,20H,11-14H2,1-2H3,(H,25,27)(H,26,29). The zero-order valence-electron chi connectivity index (χ0n) is 17.1. The smallest absolute Gasteiger partial charge is 0.254 e. The van der Waals surface area contributed by atoms with Crippen LogP contribution in [0.2, 0.25) is 0 Å². The van der Waals surface area contributed by atoms with Crippen molar-refractivity contribution in [2.24, 2.45) is 4.99 Å². The third-order valence-electron chi connectivity index (χ3n) is 4.83. The Morgan fingerprint density at radius 3 is 2.50 bits per heavy atom. The summed E-state index contributed by atoms with van der Waals surface area (Å²) in [5, 5.41) is 5.91. The molecule has 1 heterocycles. The minimum absolute atomic E-state index is 0.0195. The number of carbonyl (C=O) groups excluding carboxylic acids is 1. The maximum Gasteiger partial charge on any atom is 0.254 e. The number of aliphatic imine (C=N–C) groups is 1. The van der Waals surface area contributed by atoms with Gasteiger partial charge in [-0.25, -0.2) is 8.78 Å². The zero-order chi connectivity index (χ0) is 21.5. The lowest BCUT2D eigenvalue weighted by molar-refractivity contribution is -0.0604. The third-order valence-corrected chi connectivity index (χ3v) is 4.83. The molecule has 2 aromatic carbocycles. The third kappa shape index (κ3) is 5.54. The lowest BCUT2D eigenvalue weighted by Crippen LogP contribution is -2.51. The number of guanidine groups is 1. The Bertz CT molecular complexity index is 889. The van der Waals surface area contributed by atoms with Crippen LogP contribution in [0, 0.1) is 11.6 Å². The number of halogens is 2. The fourth-order valence-electron chi connectivity index (χ4n) is 3.41. The number of carbonyl (C=O) groups is 1. The van der Waals surface area contributed by atoms with Gasteiger partial charge in [0.15, 0.2) is 5.96 Å². The first kappa shape index (κ1) is 21.7. The summed E-state index contributed by atoms with van der Waals surface area (Å²) in [6, 6.07) is 12.2. The summed E-state index contributed by atoms with van der Waals surface area (Å²) < 4.78 is 32.9. The number of amides is 1. The number of nitrogens with zero attached hydrogens (tertiary/aromatic N) is 2. The molecule has 3 rings (SSSR count). The zero-order valence-corrected chi connectivity index (χ0v) is 17.1. The molecule has 2 N–H and O–H groups in total. The molecule has 2 unspecified atom stereocenters. The van der Waals surface area contributed by atoms with Crippen LogP contribution in [0.1, 0.15) is 28.9 Å². The van der Waals surface area contributed by atoms with E-state index in [-0.39, 0.29) is 23.6 Å². The number of nitrogens with one attached hydrogen (secondary N) is 2. The highest BCUT2D eigenvalue weighted by atomic mass is 19.1. The van der Waals surface area contributed by atoms with E-state index in [1.807, 2.05) is 6.92 Å². The molecule has 160 valence electrons. The van der Waals surface area contributed by atoms with Gasteiger partial charge in [0.2, 0.25) is 0 Å². The van der Waals surface area contributed by atoms with Crippen LogP contribution in [0.5, 0.6) is 0 Å². The number of hydrogen-bond donors (Lipinski definition) is 2. The first-order valence-corrected chi connectivity index (χ1v) is 9.87. The first-order valence-electron chi connectivity index (χ1n) is 9.87. The van der Waals surface area contributed by atoms with Crippen LogP contribution in [0.3, 0.4) is 0 Å². The summed E-state index contributed by atoms with van der Waals surface area (Å²) in [5.74, 6) is -0.610. The predicted molar refractivity (Wildman–Crippen MR) is 111 cm³/mol. The first-order chi connectivity index (χ1) is 14.5. The van der Waals surface area contributed by atoms with Gasteiger partial charge in [0.05, 0.1) is 18.2 Å². The highest BCUT2D eigenvalue weighted by molar-refractivity contribution is 5.94. The Morgan fingerprint density at radius 1 is 1.10 bits per heavy atom. The second-order valence-electron chi connectivity index (χ2n) is 7.10. The summed E-state index contributed by atoms with van der Waals surface area (Å²) >= 11 is 0. The van der Waals surface area contributed by atoms with Crippen molar-refractivity contribution in [3.8, 4) is 0 Å². The lowest BCUT2D eigenvalue weighted by Gasteiger charge is -2.38. The predicted octanol–water partition coefficient (Wildman–Crippen LogP) is 2.73. The Morgan fingerprint density at radius 2 is 1.80 bits per heavy atom. The van der Waals surface area contributed by atoms with E-state index < -0.39 is 11.7 Å². The molecule has 0 spiro atoms. The van der Waals surface area contributed by atoms with E-state index in [1.165, 1.54) is 24.3 Å². The summed E-state index contributed by atoms with van der Waals surface area (Å²) in [4.78, 5) is 18.5. The van der Waals surface area contributed by atoms with Crippen LogP contribution in [0.4, 0.5) is 8.78 Å². The van der Waals surface area contributed by atoms with Crippen molar-refractivity contribution < 1.29 is 18.3 Å². The number of benzene rings is 2. The molecule has 8 heteroatoms. The summed E-state index contributed by atoms with van der Waals surface area (Å²) in [7, 11) is 1.69. The Labute approximate surface area is 174 Å². The summed E-state index contributed by atoms with van der Waals surface area (Å²) in [5.41, 5.74) is 0.923. The van der Waals surface area contributed by atoms with Gasteiger partial charge in [0.1, 0.15) is 17.7 Å². The monoisotopic (exact) mass is 416 g/mol. The molecule has 6 nitrogen and oxygen atoms in total. The van der Waals surface area contributed by atoms with E-state index in [0.717, 1.165) is 5.56 Å². The topological polar surface area (TPSA) is 66.0 Å². The molecule has 0 bridgehead atoms. The fourth-order valence-corrected chi connectivity index (χ4v) is 3.41. The molecule has 2 atom stereocenters. The second kappa shape index (κ2) is 10.2. The maximum atomic E-state index is 13.7. The Balaban J connectivity index is 1.53. The van der Waals surface area contributed by atoms with Crippen LogP contribution in [-0.4, -0.2) is 56.1 Å². The SMILES string of the molecule is CN=C(NCCNC(=O)c1ccccc1F)N1CC(C)OC(c2ccc(F)cc2)C1. The van der Waals surface area contributed by atoms with Gasteiger partial charge in [-0.05, 0) is 36.8 Å². The van der Waals surface area contributed by atoms with E-state index in [4.69, 9.17) is 4.74 Å². The molecule has 0 aromatic heterocycles. The van der Waals surface area contributed by atoms with Gasteiger partial charge in [-0.3, -0.25) is 9.79 Å². The molecule has 1 amide bonds. The second-order valence-corrected chi connectivity index (χ2v) is 7.10. The summed E-state index contributed by atoms with van der Waals surface area (Å²) in [6.07, 6.45) is -0.234. The van der Waals surface area contributed by atoms with Crippen LogP contribution >= 0.6 is 0 Å². The number of rotatable bonds is 5. The number of hydrogen-bond acceptors (Lipinski definition) is 3. The van der Waals surface area contributed by atoms with Gasteiger partial charge in [-0.2, -0.15) is 0 Å². The molecule has 0 radical (unpaired) electrons. The highest BCUT2D eigenvalue weighted by Crippen LogP contribution is 2.25. The van der Waals surface area contributed by atoms with Crippen molar-refractivity contribution in [3.05, 3.63) is 71.3 Å². The van der Waals surface area contributed by atoms with Crippen molar-refractivity contribution in [2.75, 3.05) is 33.2 Å². The normalized spacial score (nSPS) is 19.5. The number of morpholine rings is 1. The van der Waals surface area contributed by atoms with Crippen molar-refractivity contribution >= 4 is 11.9 Å². The minimum atomic E-state index is -0.548. The lowest BCUT2D eigenvalue weighted by atomic mass is 10.1. The quantitative estimate of drug-likeness (QED) is 0.447. The van der Waals surface area contributed by atoms with Crippen LogP contribution in [0.25, 0.3) is 0 Å². The van der Waals surface area contributed by atoms with Crippen molar-refractivity contribution in [1.29, 1.82) is 0 Å². The Hall–Kier alpha value is -3.00. The van der Waals surface area contributed by atoms with Crippen molar-refractivity contribution in [3.63, 3.8) is 0 Å². The molecule has 0 saturated carbocycles. The molecule has 1 saturated heterocycles. The van der Waals surface area contributed by atoms with Gasteiger partial charge in [0.25, 0.3) is 5.91 Å². The molecule has 0 aliphatic carbocycles. The van der Waals surface area contributed by atoms with Gasteiger partial charge in [-0.15, -0.1) is 0 Å². The highest BCUT2D eigenvalue weighted by Gasteiger charge is 2.28. The molecule has 1 aliphatic rings.